The Kier molecular flexibility index (Phi) is 5.12. The number of ether oxygens (including phenoxy) is 1. The minimum atomic E-state index is 0.107. The lowest BCUT2D eigenvalue weighted by Crippen LogP contribution is -2.18. The zero-order valence-corrected chi connectivity index (χ0v) is 13.3. The molecule has 0 bridgehead atoms. The first-order valence-electron chi connectivity index (χ1n) is 7.28. The van der Waals surface area contributed by atoms with Crippen molar-refractivity contribution in [1.29, 1.82) is 0 Å². The molecule has 0 aliphatic carbocycles. The summed E-state index contributed by atoms with van der Waals surface area (Å²) in [4.78, 5) is 4.47. The molecule has 0 radical (unpaired) electrons. The van der Waals surface area contributed by atoms with E-state index in [0.29, 0.717) is 12.3 Å². The van der Waals surface area contributed by atoms with Gasteiger partial charge in [0.2, 0.25) is 5.89 Å². The third-order valence-corrected chi connectivity index (χ3v) is 3.45. The molecule has 0 aliphatic heterocycles. The molecular formula is C15H24N4O2. The van der Waals surface area contributed by atoms with Gasteiger partial charge in [-0.15, -0.1) is 0 Å². The molecule has 0 saturated heterocycles. The van der Waals surface area contributed by atoms with Crippen LogP contribution >= 0.6 is 0 Å². The summed E-state index contributed by atoms with van der Waals surface area (Å²) in [7, 11) is 1.72. The van der Waals surface area contributed by atoms with Gasteiger partial charge in [-0.25, -0.2) is 0 Å². The number of methoxy groups -OCH3 is 1. The maximum Gasteiger partial charge on any atom is 0.228 e. The van der Waals surface area contributed by atoms with Crippen LogP contribution in [0.4, 0.5) is 0 Å². The predicted molar refractivity (Wildman–Crippen MR) is 78.9 cm³/mol. The summed E-state index contributed by atoms with van der Waals surface area (Å²) >= 11 is 0. The third-order valence-electron chi connectivity index (χ3n) is 3.45. The van der Waals surface area contributed by atoms with E-state index in [9.17, 15) is 0 Å². The van der Waals surface area contributed by atoms with E-state index < -0.39 is 0 Å². The fraction of sp³-hybridized carbons (Fsp3) is 0.667. The summed E-state index contributed by atoms with van der Waals surface area (Å²) in [6.45, 7) is 7.90. The molecule has 0 aromatic carbocycles. The van der Waals surface area contributed by atoms with Crippen molar-refractivity contribution in [2.24, 2.45) is 5.41 Å². The highest BCUT2D eigenvalue weighted by atomic mass is 16.5. The van der Waals surface area contributed by atoms with Crippen LogP contribution < -0.4 is 0 Å². The average molecular weight is 292 g/mol. The molecule has 2 aromatic heterocycles. The van der Waals surface area contributed by atoms with Crippen LogP contribution in [0.3, 0.4) is 0 Å². The summed E-state index contributed by atoms with van der Waals surface area (Å²) in [6.07, 6.45) is 6.32. The van der Waals surface area contributed by atoms with Crippen LogP contribution in [-0.4, -0.2) is 33.6 Å². The van der Waals surface area contributed by atoms with Gasteiger partial charge in [0.25, 0.3) is 0 Å². The van der Waals surface area contributed by atoms with Crippen LogP contribution in [0.2, 0.25) is 0 Å². The van der Waals surface area contributed by atoms with Crippen molar-refractivity contribution in [2.75, 3.05) is 13.7 Å². The molecule has 6 nitrogen and oxygen atoms in total. The molecular weight excluding hydrogens is 268 g/mol. The first-order valence-corrected chi connectivity index (χ1v) is 7.28. The van der Waals surface area contributed by atoms with Crippen molar-refractivity contribution in [2.45, 2.75) is 46.6 Å². The minimum absolute atomic E-state index is 0.107. The molecule has 0 atom stereocenters. The van der Waals surface area contributed by atoms with E-state index in [0.717, 1.165) is 37.4 Å². The third kappa shape index (κ3) is 4.97. The van der Waals surface area contributed by atoms with Gasteiger partial charge in [-0.3, -0.25) is 4.68 Å². The van der Waals surface area contributed by atoms with Crippen LogP contribution in [0, 0.1) is 12.3 Å². The summed E-state index contributed by atoms with van der Waals surface area (Å²) in [5, 5.41) is 8.31. The second-order valence-electron chi connectivity index (χ2n) is 6.22. The fourth-order valence-electron chi connectivity index (χ4n) is 2.16. The van der Waals surface area contributed by atoms with Gasteiger partial charge in [0, 0.05) is 39.3 Å². The lowest BCUT2D eigenvalue weighted by molar-refractivity contribution is 0.150. The van der Waals surface area contributed by atoms with Crippen LogP contribution in [0.15, 0.2) is 16.9 Å². The molecule has 2 aromatic rings. The van der Waals surface area contributed by atoms with Crippen molar-refractivity contribution < 1.29 is 9.26 Å². The van der Waals surface area contributed by atoms with Gasteiger partial charge < -0.3 is 9.26 Å². The van der Waals surface area contributed by atoms with Gasteiger partial charge in [-0.05, 0) is 24.3 Å². The molecule has 0 amide bonds. The molecule has 0 fully saturated rings. The number of aryl methyl sites for hydroxylation is 3. The van der Waals surface area contributed by atoms with Gasteiger partial charge >= 0.3 is 0 Å². The van der Waals surface area contributed by atoms with Crippen molar-refractivity contribution >= 4 is 0 Å². The molecule has 6 heteroatoms. The Morgan fingerprint density at radius 1 is 1.38 bits per heavy atom. The Morgan fingerprint density at radius 2 is 2.19 bits per heavy atom. The SMILES string of the molecule is COCCC(C)(C)Cc1noc(CCn2cc(C)cn2)n1. The summed E-state index contributed by atoms with van der Waals surface area (Å²) in [5.41, 5.74) is 1.26. The van der Waals surface area contributed by atoms with Crippen LogP contribution in [-0.2, 0) is 24.1 Å². The fourth-order valence-corrected chi connectivity index (χ4v) is 2.16. The van der Waals surface area contributed by atoms with E-state index in [4.69, 9.17) is 9.26 Å². The molecule has 0 spiro atoms. The summed E-state index contributed by atoms with van der Waals surface area (Å²) in [5.74, 6) is 1.43. The van der Waals surface area contributed by atoms with Crippen LogP contribution in [0.25, 0.3) is 0 Å². The second-order valence-corrected chi connectivity index (χ2v) is 6.22. The van der Waals surface area contributed by atoms with E-state index in [1.54, 1.807) is 7.11 Å². The molecule has 0 aliphatic rings. The van der Waals surface area contributed by atoms with E-state index in [-0.39, 0.29) is 5.41 Å². The van der Waals surface area contributed by atoms with Gasteiger partial charge in [0.1, 0.15) is 0 Å². The van der Waals surface area contributed by atoms with Crippen molar-refractivity contribution in [3.8, 4) is 0 Å². The Morgan fingerprint density at radius 3 is 2.86 bits per heavy atom. The van der Waals surface area contributed by atoms with E-state index in [2.05, 4.69) is 29.1 Å². The molecule has 0 N–H and O–H groups in total. The Bertz CT molecular complexity index is 560. The van der Waals surface area contributed by atoms with Crippen molar-refractivity contribution in [3.05, 3.63) is 29.7 Å². The van der Waals surface area contributed by atoms with E-state index >= 15 is 0 Å². The zero-order chi connectivity index (χ0) is 15.3. The van der Waals surface area contributed by atoms with Crippen molar-refractivity contribution in [1.82, 2.24) is 19.9 Å². The molecule has 116 valence electrons. The second kappa shape index (κ2) is 6.85. The average Bonchev–Trinajstić information content (AvgIpc) is 3.03. The molecule has 21 heavy (non-hydrogen) atoms. The zero-order valence-electron chi connectivity index (χ0n) is 13.3. The lowest BCUT2D eigenvalue weighted by atomic mass is 9.86. The minimum Gasteiger partial charge on any atom is -0.385 e. The molecule has 2 rings (SSSR count). The summed E-state index contributed by atoms with van der Waals surface area (Å²) < 4.78 is 12.3. The number of hydrogen-bond acceptors (Lipinski definition) is 5. The maximum absolute atomic E-state index is 5.31. The maximum atomic E-state index is 5.31. The summed E-state index contributed by atoms with van der Waals surface area (Å²) in [6, 6.07) is 0. The van der Waals surface area contributed by atoms with Crippen LogP contribution in [0.5, 0.6) is 0 Å². The standard InChI is InChI=1S/C15H24N4O2/c1-12-10-16-19(11-12)7-5-14-17-13(18-21-14)9-15(2,3)6-8-20-4/h10-11H,5-9H2,1-4H3. The number of rotatable bonds is 8. The number of aromatic nitrogens is 4. The van der Waals surface area contributed by atoms with Crippen molar-refractivity contribution in [3.63, 3.8) is 0 Å². The Balaban J connectivity index is 1.86. The Hall–Kier alpha value is -1.69. The highest BCUT2D eigenvalue weighted by molar-refractivity contribution is 4.99. The molecule has 0 saturated carbocycles. The van der Waals surface area contributed by atoms with Gasteiger partial charge in [-0.2, -0.15) is 10.1 Å². The largest absolute Gasteiger partial charge is 0.385 e. The highest BCUT2D eigenvalue weighted by Crippen LogP contribution is 2.24. The van der Waals surface area contributed by atoms with Gasteiger partial charge in [0.05, 0.1) is 6.20 Å². The lowest BCUT2D eigenvalue weighted by Gasteiger charge is -2.21. The first kappa shape index (κ1) is 15.7. The quantitative estimate of drug-likeness (QED) is 0.747. The monoisotopic (exact) mass is 292 g/mol. The highest BCUT2D eigenvalue weighted by Gasteiger charge is 2.21. The van der Waals surface area contributed by atoms with Gasteiger partial charge in [-0.1, -0.05) is 19.0 Å². The molecule has 2 heterocycles. The first-order chi connectivity index (χ1) is 9.98. The van der Waals surface area contributed by atoms with E-state index in [1.165, 1.54) is 0 Å². The topological polar surface area (TPSA) is 66.0 Å². The van der Waals surface area contributed by atoms with Crippen LogP contribution in [0.1, 0.15) is 37.5 Å². The normalized spacial score (nSPS) is 12.0. The van der Waals surface area contributed by atoms with E-state index in [1.807, 2.05) is 24.0 Å². The smallest absolute Gasteiger partial charge is 0.228 e. The number of hydrogen-bond donors (Lipinski definition) is 0. The number of nitrogens with zero attached hydrogens (tertiary/aromatic N) is 4. The predicted octanol–water partition coefficient (Wildman–Crippen LogP) is 2.42. The van der Waals surface area contributed by atoms with Gasteiger partial charge in [0.15, 0.2) is 5.82 Å². The molecule has 0 unspecified atom stereocenters. The Labute approximate surface area is 125 Å².